The Bertz CT molecular complexity index is 1120. The van der Waals surface area contributed by atoms with E-state index < -0.39 is 9.84 Å². The molecule has 0 radical (unpaired) electrons. The number of ether oxygens (including phenoxy) is 1. The molecule has 1 heterocycles. The molecule has 0 bridgehead atoms. The van der Waals surface area contributed by atoms with Crippen molar-refractivity contribution in [2.45, 2.75) is 44.4 Å². The number of hydrogen-bond acceptors (Lipinski definition) is 4. The SMILES string of the molecule is Cc1cc2[nH]ccc2c(C)c1Oc1ccc(O)c(S(=O)(=O)CC2CCCC2)c1. The summed E-state index contributed by atoms with van der Waals surface area (Å²) in [5.74, 6) is 1.15. The number of aromatic hydroxyl groups is 1. The fourth-order valence-electron chi connectivity index (χ4n) is 4.19. The molecule has 0 atom stereocenters. The molecular weight excluding hydrogens is 374 g/mol. The van der Waals surface area contributed by atoms with Crippen LogP contribution in [0.3, 0.4) is 0 Å². The molecule has 1 aliphatic rings. The second-order valence-electron chi connectivity index (χ2n) is 7.75. The maximum atomic E-state index is 12.9. The number of aryl methyl sites for hydroxylation is 2. The van der Waals surface area contributed by atoms with Crippen LogP contribution in [0.1, 0.15) is 36.8 Å². The second-order valence-corrected chi connectivity index (χ2v) is 9.75. The molecule has 0 saturated heterocycles. The molecule has 0 spiro atoms. The summed E-state index contributed by atoms with van der Waals surface area (Å²) < 4.78 is 31.8. The zero-order chi connectivity index (χ0) is 19.9. The maximum absolute atomic E-state index is 12.9. The Kier molecular flexibility index (Phi) is 4.83. The molecule has 1 aliphatic carbocycles. The van der Waals surface area contributed by atoms with Crippen LogP contribution in [0.5, 0.6) is 17.2 Å². The van der Waals surface area contributed by atoms with Crippen molar-refractivity contribution in [1.29, 1.82) is 0 Å². The number of fused-ring (bicyclic) bond motifs is 1. The van der Waals surface area contributed by atoms with Crippen LogP contribution >= 0.6 is 0 Å². The van der Waals surface area contributed by atoms with E-state index >= 15 is 0 Å². The molecule has 148 valence electrons. The number of phenols is 1. The Labute approximate surface area is 165 Å². The van der Waals surface area contributed by atoms with E-state index in [2.05, 4.69) is 4.98 Å². The summed E-state index contributed by atoms with van der Waals surface area (Å²) in [6.07, 6.45) is 5.91. The van der Waals surface area contributed by atoms with E-state index in [0.717, 1.165) is 47.7 Å². The summed E-state index contributed by atoms with van der Waals surface area (Å²) in [6, 6.07) is 8.45. The smallest absolute Gasteiger partial charge is 0.182 e. The third-order valence-corrected chi connectivity index (χ3v) is 7.57. The summed E-state index contributed by atoms with van der Waals surface area (Å²) in [6.45, 7) is 3.94. The highest BCUT2D eigenvalue weighted by Crippen LogP contribution is 2.37. The van der Waals surface area contributed by atoms with E-state index in [1.165, 1.54) is 12.1 Å². The molecule has 2 aromatic carbocycles. The molecular formula is C22H25NO4S. The Morgan fingerprint density at radius 3 is 2.64 bits per heavy atom. The number of hydrogen-bond donors (Lipinski definition) is 2. The van der Waals surface area contributed by atoms with Gasteiger partial charge in [-0.3, -0.25) is 0 Å². The fourth-order valence-corrected chi connectivity index (χ4v) is 6.00. The van der Waals surface area contributed by atoms with Crippen molar-refractivity contribution in [3.8, 4) is 17.2 Å². The Morgan fingerprint density at radius 1 is 1.14 bits per heavy atom. The van der Waals surface area contributed by atoms with Crippen LogP contribution in [0, 0.1) is 19.8 Å². The minimum absolute atomic E-state index is 0.0464. The normalized spacial score (nSPS) is 15.4. The van der Waals surface area contributed by atoms with E-state index in [4.69, 9.17) is 4.74 Å². The van der Waals surface area contributed by atoms with E-state index in [1.807, 2.05) is 32.2 Å². The van der Waals surface area contributed by atoms with Gasteiger partial charge in [0, 0.05) is 28.7 Å². The number of benzene rings is 2. The Hall–Kier alpha value is -2.47. The molecule has 1 fully saturated rings. The van der Waals surface area contributed by atoms with E-state index in [0.29, 0.717) is 11.5 Å². The minimum Gasteiger partial charge on any atom is -0.507 e. The first-order chi connectivity index (χ1) is 13.3. The first kappa shape index (κ1) is 18.9. The molecule has 3 aromatic rings. The van der Waals surface area contributed by atoms with Crippen LogP contribution in [-0.2, 0) is 9.84 Å². The predicted octanol–water partition coefficient (Wildman–Crippen LogP) is 5.25. The van der Waals surface area contributed by atoms with Crippen LogP contribution in [0.15, 0.2) is 41.4 Å². The number of aromatic amines is 1. The summed E-state index contributed by atoms with van der Waals surface area (Å²) in [4.78, 5) is 3.15. The first-order valence-electron chi connectivity index (χ1n) is 9.66. The molecule has 28 heavy (non-hydrogen) atoms. The van der Waals surface area contributed by atoms with Crippen LogP contribution in [0.2, 0.25) is 0 Å². The van der Waals surface area contributed by atoms with Gasteiger partial charge < -0.3 is 14.8 Å². The number of sulfone groups is 1. The predicted molar refractivity (Wildman–Crippen MR) is 110 cm³/mol. The maximum Gasteiger partial charge on any atom is 0.182 e. The lowest BCUT2D eigenvalue weighted by Crippen LogP contribution is -2.14. The average molecular weight is 400 g/mol. The zero-order valence-corrected chi connectivity index (χ0v) is 17.0. The number of nitrogens with one attached hydrogen (secondary N) is 1. The summed E-state index contributed by atoms with van der Waals surface area (Å²) in [7, 11) is -3.57. The van der Waals surface area contributed by atoms with Crippen LogP contribution in [0.25, 0.3) is 10.9 Å². The van der Waals surface area contributed by atoms with Crippen molar-refractivity contribution in [3.05, 3.63) is 47.7 Å². The van der Waals surface area contributed by atoms with Crippen LogP contribution < -0.4 is 4.74 Å². The first-order valence-corrected chi connectivity index (χ1v) is 11.3. The highest BCUT2D eigenvalue weighted by atomic mass is 32.2. The molecule has 6 heteroatoms. The lowest BCUT2D eigenvalue weighted by atomic mass is 10.1. The van der Waals surface area contributed by atoms with Gasteiger partial charge in [-0.2, -0.15) is 0 Å². The summed E-state index contributed by atoms with van der Waals surface area (Å²) >= 11 is 0. The summed E-state index contributed by atoms with van der Waals surface area (Å²) in [5.41, 5.74) is 2.98. The molecule has 4 rings (SSSR count). The van der Waals surface area contributed by atoms with Crippen molar-refractivity contribution >= 4 is 20.7 Å². The van der Waals surface area contributed by atoms with Gasteiger partial charge in [-0.25, -0.2) is 8.42 Å². The quantitative estimate of drug-likeness (QED) is 0.614. The second kappa shape index (κ2) is 7.17. The van der Waals surface area contributed by atoms with Crippen molar-refractivity contribution < 1.29 is 18.3 Å². The van der Waals surface area contributed by atoms with Crippen LogP contribution in [0.4, 0.5) is 0 Å². The molecule has 1 saturated carbocycles. The van der Waals surface area contributed by atoms with Gasteiger partial charge in [-0.15, -0.1) is 0 Å². The van der Waals surface area contributed by atoms with Gasteiger partial charge in [-0.05, 0) is 62.4 Å². The van der Waals surface area contributed by atoms with Gasteiger partial charge in [0.2, 0.25) is 0 Å². The third kappa shape index (κ3) is 3.49. The van der Waals surface area contributed by atoms with Crippen LogP contribution in [-0.4, -0.2) is 24.3 Å². The van der Waals surface area contributed by atoms with E-state index in [9.17, 15) is 13.5 Å². The van der Waals surface area contributed by atoms with Crippen molar-refractivity contribution in [2.75, 3.05) is 5.75 Å². The molecule has 2 N–H and O–H groups in total. The van der Waals surface area contributed by atoms with Gasteiger partial charge in [0.05, 0.1) is 5.75 Å². The monoisotopic (exact) mass is 399 g/mol. The van der Waals surface area contributed by atoms with Crippen molar-refractivity contribution in [2.24, 2.45) is 5.92 Å². The number of aromatic nitrogens is 1. The Balaban J connectivity index is 1.68. The average Bonchev–Trinajstić information content (AvgIpc) is 3.31. The van der Waals surface area contributed by atoms with Crippen molar-refractivity contribution in [3.63, 3.8) is 0 Å². The third-order valence-electron chi connectivity index (χ3n) is 5.66. The molecule has 0 amide bonds. The summed E-state index contributed by atoms with van der Waals surface area (Å²) in [5, 5.41) is 11.3. The number of phenolic OH excluding ortho intramolecular Hbond substituents is 1. The van der Waals surface area contributed by atoms with Gasteiger partial charge in [0.1, 0.15) is 22.1 Å². The fraction of sp³-hybridized carbons (Fsp3) is 0.364. The topological polar surface area (TPSA) is 79.4 Å². The highest BCUT2D eigenvalue weighted by Gasteiger charge is 2.27. The van der Waals surface area contributed by atoms with Gasteiger partial charge in [0.25, 0.3) is 0 Å². The van der Waals surface area contributed by atoms with Gasteiger partial charge in [0.15, 0.2) is 9.84 Å². The Morgan fingerprint density at radius 2 is 1.89 bits per heavy atom. The van der Waals surface area contributed by atoms with Gasteiger partial charge >= 0.3 is 0 Å². The standard InChI is InChI=1S/C22H25NO4S/c1-14-11-19-18(9-10-23-19)15(2)22(14)27-17-7-8-20(24)21(12-17)28(25,26)13-16-5-3-4-6-16/h7-12,16,23-24H,3-6,13H2,1-2H3. The highest BCUT2D eigenvalue weighted by molar-refractivity contribution is 7.91. The lowest BCUT2D eigenvalue weighted by Gasteiger charge is -2.15. The largest absolute Gasteiger partial charge is 0.507 e. The molecule has 5 nitrogen and oxygen atoms in total. The molecule has 0 unspecified atom stereocenters. The molecule has 0 aliphatic heterocycles. The number of rotatable bonds is 5. The van der Waals surface area contributed by atoms with Crippen molar-refractivity contribution in [1.82, 2.24) is 4.98 Å². The van der Waals surface area contributed by atoms with E-state index in [-0.39, 0.29) is 22.3 Å². The van der Waals surface area contributed by atoms with E-state index in [1.54, 1.807) is 6.07 Å². The minimum atomic E-state index is -3.57. The molecule has 1 aromatic heterocycles. The van der Waals surface area contributed by atoms with Gasteiger partial charge in [-0.1, -0.05) is 12.8 Å². The number of H-pyrrole nitrogens is 1. The zero-order valence-electron chi connectivity index (χ0n) is 16.2. The lowest BCUT2D eigenvalue weighted by molar-refractivity contribution is 0.446.